The Morgan fingerprint density at radius 2 is 1.59 bits per heavy atom. The molecule has 5 nitrogen and oxygen atoms in total. The summed E-state index contributed by atoms with van der Waals surface area (Å²) in [6.07, 6.45) is -3.58. The zero-order valence-corrected chi connectivity index (χ0v) is 14.9. The molecule has 146 valence electrons. The van der Waals surface area contributed by atoms with Gasteiger partial charge < -0.3 is 5.32 Å². The average molecular weight is 404 g/mol. The van der Waals surface area contributed by atoms with Crippen molar-refractivity contribution in [1.29, 1.82) is 0 Å². The smallest absolute Gasteiger partial charge is 0.325 e. The number of carbonyl (C=O) groups excluding carboxylic acids is 1. The Labute approximate surface area is 153 Å². The third kappa shape index (κ3) is 6.33. The SMILES string of the molecule is CS(=O)(=O)N(CC(=O)Nc1ccc(C(F)(F)F)cc1)Cc1ccc(F)cc1. The minimum atomic E-state index is -4.50. The summed E-state index contributed by atoms with van der Waals surface area (Å²) in [6, 6.07) is 8.88. The second-order valence-corrected chi connectivity index (χ2v) is 7.76. The minimum absolute atomic E-state index is 0.100. The Kier molecular flexibility index (Phi) is 6.22. The highest BCUT2D eigenvalue weighted by molar-refractivity contribution is 7.88. The van der Waals surface area contributed by atoms with Crippen molar-refractivity contribution >= 4 is 21.6 Å². The van der Waals surface area contributed by atoms with Crippen LogP contribution in [0.3, 0.4) is 0 Å². The number of benzene rings is 2. The molecule has 0 unspecified atom stereocenters. The fraction of sp³-hybridized carbons (Fsp3) is 0.235. The lowest BCUT2D eigenvalue weighted by Gasteiger charge is -2.19. The lowest BCUT2D eigenvalue weighted by Crippen LogP contribution is -2.36. The molecule has 0 atom stereocenters. The fourth-order valence-corrected chi connectivity index (χ4v) is 2.92. The summed E-state index contributed by atoms with van der Waals surface area (Å²) in [5, 5.41) is 2.35. The van der Waals surface area contributed by atoms with Gasteiger partial charge in [0.15, 0.2) is 0 Å². The molecule has 1 N–H and O–H groups in total. The lowest BCUT2D eigenvalue weighted by molar-refractivity contribution is -0.137. The van der Waals surface area contributed by atoms with Gasteiger partial charge in [-0.05, 0) is 42.0 Å². The molecule has 0 saturated heterocycles. The van der Waals surface area contributed by atoms with Gasteiger partial charge in [0.2, 0.25) is 15.9 Å². The average Bonchev–Trinajstić information content (AvgIpc) is 2.55. The highest BCUT2D eigenvalue weighted by Crippen LogP contribution is 2.29. The Morgan fingerprint density at radius 1 is 1.04 bits per heavy atom. The van der Waals surface area contributed by atoms with E-state index in [0.29, 0.717) is 5.56 Å². The molecule has 2 rings (SSSR count). The number of sulfonamides is 1. The molecule has 0 heterocycles. The number of halogens is 4. The Bertz CT molecular complexity index is 895. The molecule has 0 fully saturated rings. The fourth-order valence-electron chi connectivity index (χ4n) is 2.19. The van der Waals surface area contributed by atoms with Gasteiger partial charge in [-0.1, -0.05) is 12.1 Å². The van der Waals surface area contributed by atoms with Gasteiger partial charge in [-0.2, -0.15) is 17.5 Å². The lowest BCUT2D eigenvalue weighted by atomic mass is 10.2. The number of hydrogen-bond donors (Lipinski definition) is 1. The predicted octanol–water partition coefficient (Wildman–Crippen LogP) is 3.24. The number of alkyl halides is 3. The van der Waals surface area contributed by atoms with Crippen LogP contribution in [0, 0.1) is 5.82 Å². The normalized spacial score (nSPS) is 12.2. The highest BCUT2D eigenvalue weighted by Gasteiger charge is 2.30. The zero-order chi connectivity index (χ0) is 20.2. The summed E-state index contributed by atoms with van der Waals surface area (Å²) in [6.45, 7) is -0.698. The van der Waals surface area contributed by atoms with Crippen molar-refractivity contribution in [3.63, 3.8) is 0 Å². The zero-order valence-electron chi connectivity index (χ0n) is 14.1. The van der Waals surface area contributed by atoms with Crippen LogP contribution < -0.4 is 5.32 Å². The van der Waals surface area contributed by atoms with Crippen LogP contribution in [-0.2, 0) is 27.5 Å². The van der Waals surface area contributed by atoms with E-state index < -0.39 is 40.0 Å². The standard InChI is InChI=1S/C17H16F4N2O3S/c1-27(25,26)23(10-12-2-6-14(18)7-3-12)11-16(24)22-15-8-4-13(5-9-15)17(19,20)21/h2-9H,10-11H2,1H3,(H,22,24). The number of hydrogen-bond acceptors (Lipinski definition) is 3. The Hall–Kier alpha value is -2.46. The molecule has 0 bridgehead atoms. The van der Waals surface area contributed by atoms with Gasteiger partial charge in [-0.15, -0.1) is 0 Å². The Morgan fingerprint density at radius 3 is 2.07 bits per heavy atom. The van der Waals surface area contributed by atoms with Crippen LogP contribution in [0.4, 0.5) is 23.2 Å². The van der Waals surface area contributed by atoms with E-state index in [0.717, 1.165) is 47.0 Å². The summed E-state index contributed by atoms with van der Waals surface area (Å²) in [5.74, 6) is -1.20. The van der Waals surface area contributed by atoms with Crippen molar-refractivity contribution in [2.45, 2.75) is 12.7 Å². The van der Waals surface area contributed by atoms with E-state index in [-0.39, 0.29) is 12.2 Å². The van der Waals surface area contributed by atoms with Crippen molar-refractivity contribution in [3.05, 3.63) is 65.5 Å². The molecule has 0 aliphatic rings. The third-order valence-corrected chi connectivity index (χ3v) is 4.75. The largest absolute Gasteiger partial charge is 0.416 e. The first-order chi connectivity index (χ1) is 12.4. The van der Waals surface area contributed by atoms with E-state index in [1.54, 1.807) is 0 Å². The first-order valence-electron chi connectivity index (χ1n) is 7.62. The molecule has 2 aromatic rings. The van der Waals surface area contributed by atoms with E-state index >= 15 is 0 Å². The molecule has 27 heavy (non-hydrogen) atoms. The quantitative estimate of drug-likeness (QED) is 0.752. The van der Waals surface area contributed by atoms with Gasteiger partial charge >= 0.3 is 6.18 Å². The number of nitrogens with one attached hydrogen (secondary N) is 1. The van der Waals surface area contributed by atoms with E-state index in [1.165, 1.54) is 12.1 Å². The monoisotopic (exact) mass is 404 g/mol. The van der Waals surface area contributed by atoms with Crippen LogP contribution in [0.15, 0.2) is 48.5 Å². The number of amides is 1. The molecule has 2 aromatic carbocycles. The van der Waals surface area contributed by atoms with Crippen LogP contribution in [0.25, 0.3) is 0 Å². The van der Waals surface area contributed by atoms with Gasteiger partial charge in [-0.25, -0.2) is 12.8 Å². The van der Waals surface area contributed by atoms with Gasteiger partial charge in [0.1, 0.15) is 5.82 Å². The topological polar surface area (TPSA) is 66.5 Å². The van der Waals surface area contributed by atoms with Crippen LogP contribution in [0.5, 0.6) is 0 Å². The van der Waals surface area contributed by atoms with Gasteiger partial charge in [-0.3, -0.25) is 4.79 Å². The summed E-state index contributed by atoms with van der Waals surface area (Å²) in [5.41, 5.74) is -0.290. The van der Waals surface area contributed by atoms with Gasteiger partial charge in [0.05, 0.1) is 18.4 Å². The van der Waals surface area contributed by atoms with Crippen molar-refractivity contribution < 1.29 is 30.8 Å². The molecule has 0 aliphatic heterocycles. The summed E-state index contributed by atoms with van der Waals surface area (Å²) in [4.78, 5) is 12.1. The predicted molar refractivity (Wildman–Crippen MR) is 91.7 cm³/mol. The molecular weight excluding hydrogens is 388 g/mol. The molecule has 0 radical (unpaired) electrons. The second kappa shape index (κ2) is 8.05. The molecule has 0 spiro atoms. The van der Waals surface area contributed by atoms with Crippen molar-refractivity contribution in [2.24, 2.45) is 0 Å². The third-order valence-electron chi connectivity index (χ3n) is 3.56. The molecule has 1 amide bonds. The molecular formula is C17H16F4N2O3S. The van der Waals surface area contributed by atoms with Gasteiger partial charge in [0, 0.05) is 12.2 Å². The van der Waals surface area contributed by atoms with Crippen molar-refractivity contribution in [2.75, 3.05) is 18.1 Å². The summed E-state index contributed by atoms with van der Waals surface area (Å²) < 4.78 is 75.2. The maximum Gasteiger partial charge on any atom is 0.416 e. The van der Waals surface area contributed by atoms with E-state index in [4.69, 9.17) is 0 Å². The first-order valence-corrected chi connectivity index (χ1v) is 9.46. The van der Waals surface area contributed by atoms with Crippen LogP contribution in [-0.4, -0.2) is 31.4 Å². The number of carbonyl (C=O) groups is 1. The van der Waals surface area contributed by atoms with Crippen LogP contribution in [0.1, 0.15) is 11.1 Å². The van der Waals surface area contributed by atoms with Crippen LogP contribution >= 0.6 is 0 Å². The maximum atomic E-state index is 12.9. The molecule has 0 saturated carbocycles. The van der Waals surface area contributed by atoms with E-state index in [2.05, 4.69) is 5.32 Å². The van der Waals surface area contributed by atoms with E-state index in [9.17, 15) is 30.8 Å². The number of rotatable bonds is 6. The molecule has 0 aliphatic carbocycles. The Balaban J connectivity index is 2.06. The van der Waals surface area contributed by atoms with Gasteiger partial charge in [0.25, 0.3) is 0 Å². The second-order valence-electron chi connectivity index (χ2n) is 5.78. The molecule has 10 heteroatoms. The van der Waals surface area contributed by atoms with Crippen molar-refractivity contribution in [3.8, 4) is 0 Å². The minimum Gasteiger partial charge on any atom is -0.325 e. The number of anilines is 1. The van der Waals surface area contributed by atoms with E-state index in [1.807, 2.05) is 0 Å². The first kappa shape index (κ1) is 20.8. The summed E-state index contributed by atoms with van der Waals surface area (Å²) in [7, 11) is -3.76. The maximum absolute atomic E-state index is 12.9. The highest BCUT2D eigenvalue weighted by atomic mass is 32.2. The van der Waals surface area contributed by atoms with Crippen LogP contribution in [0.2, 0.25) is 0 Å². The molecule has 0 aromatic heterocycles. The van der Waals surface area contributed by atoms with Crippen molar-refractivity contribution in [1.82, 2.24) is 4.31 Å². The number of nitrogens with zero attached hydrogens (tertiary/aromatic N) is 1. The summed E-state index contributed by atoms with van der Waals surface area (Å²) >= 11 is 0.